The Morgan fingerprint density at radius 1 is 1.04 bits per heavy atom. The van der Waals surface area contributed by atoms with Crippen LogP contribution in [-0.2, 0) is 0 Å². The number of carbonyl (C=O) groups is 1. The highest BCUT2D eigenvalue weighted by Gasteiger charge is 2.17. The van der Waals surface area contributed by atoms with Crippen LogP contribution < -0.4 is 4.74 Å². The van der Waals surface area contributed by atoms with Gasteiger partial charge in [-0.1, -0.05) is 18.2 Å². The van der Waals surface area contributed by atoms with Crippen molar-refractivity contribution in [1.29, 1.82) is 0 Å². The minimum Gasteiger partial charge on any atom is -0.485 e. The molecule has 1 heterocycles. The monoisotopic (exact) mass is 323 g/mol. The molecule has 122 valence electrons. The smallest absolute Gasteiger partial charge is 0.202 e. The van der Waals surface area contributed by atoms with Crippen LogP contribution in [-0.4, -0.2) is 17.0 Å². The summed E-state index contributed by atoms with van der Waals surface area (Å²) in [7, 11) is 0. The lowest BCUT2D eigenvalue weighted by Gasteiger charge is -2.10. The first-order valence-corrected chi connectivity index (χ1v) is 7.72. The predicted molar refractivity (Wildman–Crippen MR) is 91.5 cm³/mol. The van der Waals surface area contributed by atoms with E-state index in [9.17, 15) is 9.18 Å². The van der Waals surface area contributed by atoms with Crippen LogP contribution in [0.3, 0.4) is 0 Å². The molecule has 0 fully saturated rings. The van der Waals surface area contributed by atoms with Gasteiger partial charge in [0.25, 0.3) is 0 Å². The highest BCUT2D eigenvalue weighted by atomic mass is 19.1. The molecule has 4 heteroatoms. The first-order valence-electron chi connectivity index (χ1n) is 7.72. The third kappa shape index (κ3) is 3.23. The van der Waals surface area contributed by atoms with Gasteiger partial charge in [-0.25, -0.2) is 4.39 Å². The van der Waals surface area contributed by atoms with Crippen LogP contribution in [0.5, 0.6) is 5.75 Å². The molecular formula is C20H18FNO2. The van der Waals surface area contributed by atoms with Gasteiger partial charge < -0.3 is 9.30 Å². The first kappa shape index (κ1) is 16.0. The number of ketones is 1. The van der Waals surface area contributed by atoms with Gasteiger partial charge in [0.1, 0.15) is 11.6 Å². The van der Waals surface area contributed by atoms with Crippen molar-refractivity contribution in [2.24, 2.45) is 0 Å². The van der Waals surface area contributed by atoms with Crippen LogP contribution in [0, 0.1) is 19.7 Å². The Balaban J connectivity index is 1.79. The molecule has 3 rings (SSSR count). The summed E-state index contributed by atoms with van der Waals surface area (Å²) in [6, 6.07) is 17.4. The molecule has 24 heavy (non-hydrogen) atoms. The Morgan fingerprint density at radius 2 is 1.71 bits per heavy atom. The van der Waals surface area contributed by atoms with Gasteiger partial charge in [-0.2, -0.15) is 0 Å². The third-order valence-electron chi connectivity index (χ3n) is 3.93. The highest BCUT2D eigenvalue weighted by Crippen LogP contribution is 2.21. The molecule has 1 aromatic heterocycles. The second kappa shape index (κ2) is 6.71. The van der Waals surface area contributed by atoms with Gasteiger partial charge in [-0.05, 0) is 56.3 Å². The van der Waals surface area contributed by atoms with Crippen molar-refractivity contribution in [3.05, 3.63) is 83.4 Å². The molecule has 0 saturated heterocycles. The van der Waals surface area contributed by atoms with Crippen molar-refractivity contribution in [3.8, 4) is 11.4 Å². The van der Waals surface area contributed by atoms with Gasteiger partial charge in [0.15, 0.2) is 6.61 Å². The lowest BCUT2D eigenvalue weighted by Crippen LogP contribution is -2.12. The number of Topliss-reactive ketones (excluding diaryl/α,β-unsaturated/α-hetero) is 1. The molecule has 3 aromatic rings. The number of nitrogens with zero attached hydrogens (tertiary/aromatic N) is 1. The van der Waals surface area contributed by atoms with Crippen LogP contribution in [0.4, 0.5) is 4.39 Å². The van der Waals surface area contributed by atoms with Gasteiger partial charge in [0, 0.05) is 22.6 Å². The number of aryl methyl sites for hydroxylation is 1. The fourth-order valence-corrected chi connectivity index (χ4v) is 2.78. The summed E-state index contributed by atoms with van der Waals surface area (Å²) in [5.41, 5.74) is 3.53. The number of carbonyl (C=O) groups excluding carboxylic acids is 1. The van der Waals surface area contributed by atoms with Crippen LogP contribution in [0.2, 0.25) is 0 Å². The Labute approximate surface area is 140 Å². The van der Waals surface area contributed by atoms with Gasteiger partial charge in [0.2, 0.25) is 5.78 Å². The number of para-hydroxylation sites is 1. The van der Waals surface area contributed by atoms with E-state index in [2.05, 4.69) is 0 Å². The zero-order valence-electron chi connectivity index (χ0n) is 13.6. The maximum absolute atomic E-state index is 12.9. The van der Waals surface area contributed by atoms with Crippen LogP contribution >= 0.6 is 0 Å². The molecule has 0 amide bonds. The van der Waals surface area contributed by atoms with E-state index in [0.29, 0.717) is 11.3 Å². The number of rotatable bonds is 5. The molecule has 0 bridgehead atoms. The molecule has 0 atom stereocenters. The number of benzene rings is 2. The van der Waals surface area contributed by atoms with E-state index in [0.717, 1.165) is 17.1 Å². The van der Waals surface area contributed by atoms with Crippen LogP contribution in [0.25, 0.3) is 5.69 Å². The van der Waals surface area contributed by atoms with E-state index in [1.807, 2.05) is 54.8 Å². The summed E-state index contributed by atoms with van der Waals surface area (Å²) in [5, 5.41) is 0. The van der Waals surface area contributed by atoms with E-state index in [1.54, 1.807) is 0 Å². The predicted octanol–water partition coefficient (Wildman–Crippen LogP) is 4.49. The molecule has 0 unspecified atom stereocenters. The molecule has 3 nitrogen and oxygen atoms in total. The zero-order chi connectivity index (χ0) is 17.1. The number of aromatic nitrogens is 1. The fraction of sp³-hybridized carbons (Fsp3) is 0.150. The Bertz CT molecular complexity index is 851. The SMILES string of the molecule is Cc1cc(C(=O)COc2ccc(F)cc2)c(C)n1-c1ccccc1. The minimum absolute atomic E-state index is 0.0787. The normalized spacial score (nSPS) is 10.6. The third-order valence-corrected chi connectivity index (χ3v) is 3.93. The standard InChI is InChI=1S/C20H18FNO2/c1-14-12-19(15(2)22(14)17-6-4-3-5-7-17)20(23)13-24-18-10-8-16(21)9-11-18/h3-12H,13H2,1-2H3. The zero-order valence-corrected chi connectivity index (χ0v) is 13.6. The maximum atomic E-state index is 12.9. The minimum atomic E-state index is -0.333. The van der Waals surface area contributed by atoms with Gasteiger partial charge in [-0.15, -0.1) is 0 Å². The van der Waals surface area contributed by atoms with Crippen molar-refractivity contribution >= 4 is 5.78 Å². The molecule has 0 radical (unpaired) electrons. The molecule has 0 aliphatic rings. The first-order chi connectivity index (χ1) is 11.6. The van der Waals surface area contributed by atoms with Gasteiger partial charge in [0.05, 0.1) is 0 Å². The van der Waals surface area contributed by atoms with Crippen molar-refractivity contribution in [2.45, 2.75) is 13.8 Å². The topological polar surface area (TPSA) is 31.2 Å². The summed E-state index contributed by atoms with van der Waals surface area (Å²) in [5.74, 6) is 0.0382. The van der Waals surface area contributed by atoms with Crippen molar-refractivity contribution < 1.29 is 13.9 Å². The summed E-state index contributed by atoms with van der Waals surface area (Å²) in [6.07, 6.45) is 0. The molecule has 2 aromatic carbocycles. The highest BCUT2D eigenvalue weighted by molar-refractivity contribution is 5.98. The van der Waals surface area contributed by atoms with Crippen molar-refractivity contribution in [1.82, 2.24) is 4.57 Å². The second-order valence-electron chi connectivity index (χ2n) is 5.62. The van der Waals surface area contributed by atoms with E-state index in [1.165, 1.54) is 24.3 Å². The average molecular weight is 323 g/mol. The lowest BCUT2D eigenvalue weighted by molar-refractivity contribution is 0.0921. The van der Waals surface area contributed by atoms with Crippen LogP contribution in [0.15, 0.2) is 60.7 Å². The Hall–Kier alpha value is -2.88. The second-order valence-corrected chi connectivity index (χ2v) is 5.62. The number of hydrogen-bond acceptors (Lipinski definition) is 2. The van der Waals surface area contributed by atoms with Crippen molar-refractivity contribution in [2.75, 3.05) is 6.61 Å². The average Bonchev–Trinajstić information content (AvgIpc) is 2.89. The Kier molecular flexibility index (Phi) is 4.47. The van der Waals surface area contributed by atoms with Gasteiger partial charge >= 0.3 is 0 Å². The maximum Gasteiger partial charge on any atom is 0.202 e. The lowest BCUT2D eigenvalue weighted by atomic mass is 10.1. The summed E-state index contributed by atoms with van der Waals surface area (Å²) in [4.78, 5) is 12.5. The van der Waals surface area contributed by atoms with E-state index in [-0.39, 0.29) is 18.2 Å². The fourth-order valence-electron chi connectivity index (χ4n) is 2.78. The largest absolute Gasteiger partial charge is 0.485 e. The molecule has 0 spiro atoms. The van der Waals surface area contributed by atoms with E-state index in [4.69, 9.17) is 4.74 Å². The van der Waals surface area contributed by atoms with E-state index < -0.39 is 0 Å². The Morgan fingerprint density at radius 3 is 2.38 bits per heavy atom. The number of halogens is 1. The molecule has 0 saturated carbocycles. The van der Waals surface area contributed by atoms with Gasteiger partial charge in [-0.3, -0.25) is 4.79 Å². The summed E-state index contributed by atoms with van der Waals surface area (Å²) >= 11 is 0. The molecule has 0 N–H and O–H groups in total. The van der Waals surface area contributed by atoms with Crippen molar-refractivity contribution in [3.63, 3.8) is 0 Å². The van der Waals surface area contributed by atoms with Crippen LogP contribution in [0.1, 0.15) is 21.7 Å². The number of hydrogen-bond donors (Lipinski definition) is 0. The molecule has 0 aliphatic heterocycles. The number of ether oxygens (including phenoxy) is 1. The van der Waals surface area contributed by atoms with E-state index >= 15 is 0 Å². The molecule has 0 aliphatic carbocycles. The summed E-state index contributed by atoms with van der Waals surface area (Å²) < 4.78 is 20.4. The summed E-state index contributed by atoms with van der Waals surface area (Å²) in [6.45, 7) is 3.81. The quantitative estimate of drug-likeness (QED) is 0.648. The molecular weight excluding hydrogens is 305 g/mol.